The summed E-state index contributed by atoms with van der Waals surface area (Å²) >= 11 is 0. The Kier molecular flexibility index (Phi) is 8.29. The molecule has 1 heterocycles. The zero-order valence-corrected chi connectivity index (χ0v) is 18.8. The molecular formula is C23H38O3Si. The minimum atomic E-state index is -1.68. The summed E-state index contributed by atoms with van der Waals surface area (Å²) < 4.78 is 11.5. The van der Waals surface area contributed by atoms with E-state index in [0.717, 1.165) is 12.5 Å². The predicted molar refractivity (Wildman–Crippen MR) is 115 cm³/mol. The van der Waals surface area contributed by atoms with Crippen molar-refractivity contribution in [3.05, 3.63) is 47.2 Å². The molecule has 152 valence electrons. The van der Waals surface area contributed by atoms with Gasteiger partial charge >= 0.3 is 0 Å². The molecule has 2 rings (SSSR count). The highest BCUT2D eigenvalue weighted by molar-refractivity contribution is 6.83. The topological polar surface area (TPSA) is 38.7 Å². The van der Waals surface area contributed by atoms with Gasteiger partial charge in [0.05, 0.1) is 14.7 Å². The van der Waals surface area contributed by atoms with Gasteiger partial charge < -0.3 is 14.6 Å². The SMILES string of the molecule is CCCCCC/C(=C/[C@H](O)[C@H]1COC(C)(C)O1)[Si](C)(C)Cc1ccccc1. The molecule has 0 saturated carbocycles. The third-order valence-corrected chi connectivity index (χ3v) is 8.89. The highest BCUT2D eigenvalue weighted by Crippen LogP contribution is 2.29. The normalized spacial score (nSPS) is 21.4. The van der Waals surface area contributed by atoms with Gasteiger partial charge in [-0.1, -0.05) is 86.4 Å². The molecule has 0 aliphatic carbocycles. The molecule has 0 unspecified atom stereocenters. The number of hydrogen-bond donors (Lipinski definition) is 1. The first-order valence-electron chi connectivity index (χ1n) is 10.5. The predicted octanol–water partition coefficient (Wildman–Crippen LogP) is 5.43. The Hall–Kier alpha value is -0.943. The van der Waals surface area contributed by atoms with Gasteiger partial charge in [-0.25, -0.2) is 0 Å². The summed E-state index contributed by atoms with van der Waals surface area (Å²) in [6, 6.07) is 11.8. The van der Waals surface area contributed by atoms with Crippen molar-refractivity contribution in [3.8, 4) is 0 Å². The van der Waals surface area contributed by atoms with E-state index >= 15 is 0 Å². The van der Waals surface area contributed by atoms with Crippen LogP contribution in [0.15, 0.2) is 41.6 Å². The first-order chi connectivity index (χ1) is 12.7. The van der Waals surface area contributed by atoms with E-state index in [1.807, 2.05) is 13.8 Å². The van der Waals surface area contributed by atoms with Gasteiger partial charge in [-0.05, 0) is 32.7 Å². The number of benzene rings is 1. The summed E-state index contributed by atoms with van der Waals surface area (Å²) in [4.78, 5) is 0. The van der Waals surface area contributed by atoms with Gasteiger partial charge in [-0.3, -0.25) is 0 Å². The number of rotatable bonds is 10. The molecule has 27 heavy (non-hydrogen) atoms. The fourth-order valence-corrected chi connectivity index (χ4v) is 6.77. The van der Waals surface area contributed by atoms with E-state index in [0.29, 0.717) is 6.61 Å². The van der Waals surface area contributed by atoms with Gasteiger partial charge in [0.1, 0.15) is 12.2 Å². The van der Waals surface area contributed by atoms with Crippen molar-refractivity contribution in [2.45, 2.75) is 90.0 Å². The number of aliphatic hydroxyl groups excluding tert-OH is 1. The fourth-order valence-electron chi connectivity index (χ4n) is 3.81. The van der Waals surface area contributed by atoms with Gasteiger partial charge in [-0.15, -0.1) is 0 Å². The molecule has 0 bridgehead atoms. The third kappa shape index (κ3) is 7.19. The molecule has 1 saturated heterocycles. The van der Waals surface area contributed by atoms with Crippen molar-refractivity contribution in [2.75, 3.05) is 6.61 Å². The number of ether oxygens (including phenoxy) is 2. The van der Waals surface area contributed by atoms with Gasteiger partial charge in [-0.2, -0.15) is 0 Å². The molecule has 3 nitrogen and oxygen atoms in total. The quantitative estimate of drug-likeness (QED) is 0.428. The highest BCUT2D eigenvalue weighted by Gasteiger charge is 2.37. The van der Waals surface area contributed by atoms with Crippen molar-refractivity contribution in [2.24, 2.45) is 0 Å². The Morgan fingerprint density at radius 1 is 1.22 bits per heavy atom. The number of hydrogen-bond acceptors (Lipinski definition) is 3. The summed E-state index contributed by atoms with van der Waals surface area (Å²) in [5, 5.41) is 12.3. The largest absolute Gasteiger partial charge is 0.386 e. The van der Waals surface area contributed by atoms with E-state index in [4.69, 9.17) is 9.47 Å². The minimum Gasteiger partial charge on any atom is -0.386 e. The average Bonchev–Trinajstić information content (AvgIpc) is 2.98. The molecule has 0 radical (unpaired) electrons. The molecular weight excluding hydrogens is 352 g/mol. The molecule has 1 aromatic carbocycles. The van der Waals surface area contributed by atoms with Crippen LogP contribution in [0.5, 0.6) is 0 Å². The molecule has 1 aliphatic rings. The van der Waals surface area contributed by atoms with Crippen LogP contribution in [0.4, 0.5) is 0 Å². The van der Waals surface area contributed by atoms with Crippen LogP contribution in [0.1, 0.15) is 58.4 Å². The summed E-state index contributed by atoms with van der Waals surface area (Å²) in [5.74, 6) is -0.599. The van der Waals surface area contributed by atoms with Crippen LogP contribution >= 0.6 is 0 Å². The van der Waals surface area contributed by atoms with Gasteiger partial charge in [0.25, 0.3) is 0 Å². The highest BCUT2D eigenvalue weighted by atomic mass is 28.3. The van der Waals surface area contributed by atoms with Crippen LogP contribution in [0, 0.1) is 0 Å². The van der Waals surface area contributed by atoms with E-state index in [-0.39, 0.29) is 6.10 Å². The Morgan fingerprint density at radius 2 is 1.93 bits per heavy atom. The van der Waals surface area contributed by atoms with Crippen LogP contribution in [-0.4, -0.2) is 37.8 Å². The summed E-state index contributed by atoms with van der Waals surface area (Å²) in [7, 11) is -1.68. The Balaban J connectivity index is 2.13. The molecule has 2 atom stereocenters. The minimum absolute atomic E-state index is 0.271. The lowest BCUT2D eigenvalue weighted by Gasteiger charge is -2.28. The van der Waals surface area contributed by atoms with Crippen molar-refractivity contribution in [3.63, 3.8) is 0 Å². The zero-order valence-electron chi connectivity index (χ0n) is 17.8. The maximum Gasteiger partial charge on any atom is 0.163 e. The summed E-state index contributed by atoms with van der Waals surface area (Å²) in [6.45, 7) is 11.4. The number of allylic oxidation sites excluding steroid dienone is 1. The van der Waals surface area contributed by atoms with Crippen LogP contribution in [0.25, 0.3) is 0 Å². The number of unbranched alkanes of at least 4 members (excludes halogenated alkanes) is 3. The molecule has 1 aromatic rings. The standard InChI is InChI=1S/C23H38O3Si/c1-6-7-8-12-15-20(16-21(24)22-17-25-23(2,3)26-22)27(4,5)18-19-13-10-9-11-14-19/h9-11,13-14,16,21-22,24H,6-8,12,15,17-18H2,1-5H3/b20-16-/t21-,22+/m0/s1. The van der Waals surface area contributed by atoms with Crippen molar-refractivity contribution in [1.29, 1.82) is 0 Å². The Labute approximate surface area is 166 Å². The fraction of sp³-hybridized carbons (Fsp3) is 0.652. The van der Waals surface area contributed by atoms with E-state index in [2.05, 4.69) is 56.4 Å². The summed E-state index contributed by atoms with van der Waals surface area (Å²) in [5.41, 5.74) is 1.39. The molecule has 1 fully saturated rings. The molecule has 4 heteroatoms. The van der Waals surface area contributed by atoms with E-state index in [1.54, 1.807) is 0 Å². The van der Waals surface area contributed by atoms with Crippen molar-refractivity contribution >= 4 is 8.07 Å². The second kappa shape index (κ2) is 10.0. The number of aliphatic hydroxyl groups is 1. The van der Waals surface area contributed by atoms with Gasteiger partial charge in [0, 0.05) is 0 Å². The molecule has 1 aliphatic heterocycles. The molecule has 0 amide bonds. The maximum atomic E-state index is 10.8. The average molecular weight is 391 g/mol. The van der Waals surface area contributed by atoms with Crippen LogP contribution < -0.4 is 0 Å². The van der Waals surface area contributed by atoms with Crippen LogP contribution in [0.3, 0.4) is 0 Å². The Morgan fingerprint density at radius 3 is 2.52 bits per heavy atom. The first-order valence-corrected chi connectivity index (χ1v) is 13.7. The monoisotopic (exact) mass is 390 g/mol. The smallest absolute Gasteiger partial charge is 0.163 e. The zero-order chi connectivity index (χ0) is 19.9. The van der Waals surface area contributed by atoms with Crippen molar-refractivity contribution < 1.29 is 14.6 Å². The lowest BCUT2D eigenvalue weighted by atomic mass is 10.1. The second-order valence-corrected chi connectivity index (χ2v) is 13.7. The van der Waals surface area contributed by atoms with Crippen LogP contribution in [0.2, 0.25) is 13.1 Å². The first kappa shape index (κ1) is 22.3. The molecule has 0 aromatic heterocycles. The lowest BCUT2D eigenvalue weighted by Crippen LogP contribution is -2.36. The van der Waals surface area contributed by atoms with Gasteiger partial charge in [0.15, 0.2) is 5.79 Å². The second-order valence-electron chi connectivity index (χ2n) is 8.91. The Bertz CT molecular complexity index is 595. The third-order valence-electron chi connectivity index (χ3n) is 5.44. The molecule has 0 spiro atoms. The van der Waals surface area contributed by atoms with E-state index in [9.17, 15) is 5.11 Å². The molecule has 1 N–H and O–H groups in total. The summed E-state index contributed by atoms with van der Waals surface area (Å²) in [6.07, 6.45) is 7.30. The maximum absolute atomic E-state index is 10.8. The van der Waals surface area contributed by atoms with E-state index < -0.39 is 20.0 Å². The van der Waals surface area contributed by atoms with Crippen LogP contribution in [-0.2, 0) is 15.5 Å². The van der Waals surface area contributed by atoms with Crippen molar-refractivity contribution in [1.82, 2.24) is 0 Å². The van der Waals surface area contributed by atoms with E-state index in [1.165, 1.54) is 36.4 Å². The van der Waals surface area contributed by atoms with Gasteiger partial charge in [0.2, 0.25) is 0 Å². The lowest BCUT2D eigenvalue weighted by molar-refractivity contribution is -0.147.